The van der Waals surface area contributed by atoms with Gasteiger partial charge >= 0.3 is 0 Å². The molecule has 0 radical (unpaired) electrons. The Kier molecular flexibility index (Phi) is 5.13. The first-order chi connectivity index (χ1) is 8.72. The van der Waals surface area contributed by atoms with Crippen molar-refractivity contribution in [3.05, 3.63) is 18.2 Å². The Morgan fingerprint density at radius 2 is 2.33 bits per heavy atom. The molecule has 0 bridgehead atoms. The van der Waals surface area contributed by atoms with Crippen molar-refractivity contribution in [2.45, 2.75) is 63.9 Å². The molecule has 3 nitrogen and oxygen atoms in total. The van der Waals surface area contributed by atoms with E-state index in [4.69, 9.17) is 0 Å². The molecule has 4 heteroatoms. The number of imidazole rings is 1. The molecule has 18 heavy (non-hydrogen) atoms. The van der Waals surface area contributed by atoms with Gasteiger partial charge in [0.25, 0.3) is 0 Å². The topological polar surface area (TPSA) is 29.9 Å². The van der Waals surface area contributed by atoms with Crippen LogP contribution in [0.25, 0.3) is 0 Å². The summed E-state index contributed by atoms with van der Waals surface area (Å²) in [5, 5.41) is 4.54. The third-order valence-corrected chi connectivity index (χ3v) is 5.01. The molecule has 1 saturated carbocycles. The maximum Gasteiger partial charge on any atom is 0.0951 e. The first-order valence-corrected chi connectivity index (χ1v) is 8.13. The van der Waals surface area contributed by atoms with E-state index in [9.17, 15) is 0 Å². The van der Waals surface area contributed by atoms with Gasteiger partial charge in [-0.25, -0.2) is 4.98 Å². The Morgan fingerprint density at radius 3 is 3.06 bits per heavy atom. The lowest BCUT2D eigenvalue weighted by Crippen LogP contribution is -2.34. The Labute approximate surface area is 115 Å². The van der Waals surface area contributed by atoms with Crippen LogP contribution in [0.15, 0.2) is 12.5 Å². The molecule has 0 amide bonds. The molecule has 1 aliphatic carbocycles. The van der Waals surface area contributed by atoms with Gasteiger partial charge in [-0.3, -0.25) is 0 Å². The molecule has 0 saturated heterocycles. The van der Waals surface area contributed by atoms with E-state index >= 15 is 0 Å². The summed E-state index contributed by atoms with van der Waals surface area (Å²) >= 11 is 2.11. The number of nitrogens with zero attached hydrogens (tertiary/aromatic N) is 2. The van der Waals surface area contributed by atoms with Gasteiger partial charge in [-0.15, -0.1) is 0 Å². The van der Waals surface area contributed by atoms with E-state index in [0.29, 0.717) is 12.1 Å². The van der Waals surface area contributed by atoms with Crippen LogP contribution in [-0.2, 0) is 6.54 Å². The summed E-state index contributed by atoms with van der Waals surface area (Å²) in [6, 6.07) is 1.18. The zero-order valence-corrected chi connectivity index (χ0v) is 12.5. The summed E-state index contributed by atoms with van der Waals surface area (Å²) in [6.45, 7) is 7.62. The van der Waals surface area contributed by atoms with Crippen molar-refractivity contribution in [3.63, 3.8) is 0 Å². The first kappa shape index (κ1) is 13.9. The van der Waals surface area contributed by atoms with Crippen molar-refractivity contribution in [1.82, 2.24) is 14.9 Å². The van der Waals surface area contributed by atoms with Crippen molar-refractivity contribution in [1.29, 1.82) is 0 Å². The van der Waals surface area contributed by atoms with E-state index in [0.717, 1.165) is 11.8 Å². The largest absolute Gasteiger partial charge is 0.331 e. The number of nitrogens with one attached hydrogen (secondary N) is 1. The second kappa shape index (κ2) is 6.62. The molecule has 0 aromatic carbocycles. The minimum absolute atomic E-state index is 0.494. The van der Waals surface area contributed by atoms with Crippen LogP contribution in [-0.4, -0.2) is 26.6 Å². The fraction of sp³-hybridized carbons (Fsp3) is 0.786. The minimum Gasteiger partial charge on any atom is -0.331 e. The summed E-state index contributed by atoms with van der Waals surface area (Å²) in [6.07, 6.45) is 8.00. The van der Waals surface area contributed by atoms with Gasteiger partial charge in [0.05, 0.1) is 12.0 Å². The van der Waals surface area contributed by atoms with Crippen LogP contribution in [0.4, 0.5) is 0 Å². The summed E-state index contributed by atoms with van der Waals surface area (Å²) in [4.78, 5) is 4.26. The second-order valence-electron chi connectivity index (χ2n) is 5.30. The molecular weight excluding hydrogens is 242 g/mol. The standard InChI is InChI=1S/C14H25N3S/c1-4-18-14-7-5-6-13(14)16-9-12-8-15-10-17(12)11(2)3/h8,10-11,13-14,16H,4-7,9H2,1-3H3. The summed E-state index contributed by atoms with van der Waals surface area (Å²) in [5.74, 6) is 1.23. The van der Waals surface area contributed by atoms with Crippen molar-refractivity contribution < 1.29 is 0 Å². The normalized spacial score (nSPS) is 24.0. The maximum atomic E-state index is 4.26. The van der Waals surface area contributed by atoms with Crippen LogP contribution in [0.5, 0.6) is 0 Å². The fourth-order valence-electron chi connectivity index (χ4n) is 2.74. The van der Waals surface area contributed by atoms with Gasteiger partial charge in [0.15, 0.2) is 0 Å². The van der Waals surface area contributed by atoms with Gasteiger partial charge in [0.1, 0.15) is 0 Å². The highest BCUT2D eigenvalue weighted by atomic mass is 32.2. The summed E-state index contributed by atoms with van der Waals surface area (Å²) in [7, 11) is 0. The van der Waals surface area contributed by atoms with Crippen molar-refractivity contribution in [2.75, 3.05) is 5.75 Å². The molecule has 1 aromatic heterocycles. The third-order valence-electron chi connectivity index (χ3n) is 3.68. The van der Waals surface area contributed by atoms with E-state index in [1.807, 2.05) is 12.5 Å². The van der Waals surface area contributed by atoms with Gasteiger partial charge in [-0.2, -0.15) is 11.8 Å². The second-order valence-corrected chi connectivity index (χ2v) is 6.81. The first-order valence-electron chi connectivity index (χ1n) is 7.08. The molecule has 2 atom stereocenters. The van der Waals surface area contributed by atoms with Crippen molar-refractivity contribution in [3.8, 4) is 0 Å². The van der Waals surface area contributed by atoms with Crippen LogP contribution in [0.2, 0.25) is 0 Å². The SMILES string of the molecule is CCSC1CCCC1NCc1cncn1C(C)C. The number of hydrogen-bond donors (Lipinski definition) is 1. The Bertz CT molecular complexity index is 362. The van der Waals surface area contributed by atoms with Crippen molar-refractivity contribution in [2.24, 2.45) is 0 Å². The average Bonchev–Trinajstić information content (AvgIpc) is 2.95. The van der Waals surface area contributed by atoms with Crippen LogP contribution in [0, 0.1) is 0 Å². The van der Waals surface area contributed by atoms with E-state index in [-0.39, 0.29) is 0 Å². The number of aromatic nitrogens is 2. The lowest BCUT2D eigenvalue weighted by Gasteiger charge is -2.21. The molecule has 0 aliphatic heterocycles. The Hall–Kier alpha value is -0.480. The molecule has 1 aromatic rings. The van der Waals surface area contributed by atoms with Gasteiger partial charge in [-0.1, -0.05) is 13.3 Å². The van der Waals surface area contributed by atoms with Gasteiger partial charge < -0.3 is 9.88 Å². The maximum absolute atomic E-state index is 4.26. The van der Waals surface area contributed by atoms with Crippen molar-refractivity contribution >= 4 is 11.8 Å². The molecular formula is C14H25N3S. The van der Waals surface area contributed by atoms with E-state index in [1.54, 1.807) is 0 Å². The van der Waals surface area contributed by atoms with Crippen LogP contribution >= 0.6 is 11.8 Å². The van der Waals surface area contributed by atoms with Crippen LogP contribution in [0.3, 0.4) is 0 Å². The molecule has 1 heterocycles. The van der Waals surface area contributed by atoms with E-state index in [1.165, 1.54) is 30.7 Å². The highest BCUT2D eigenvalue weighted by Crippen LogP contribution is 2.30. The number of rotatable bonds is 6. The Balaban J connectivity index is 1.89. The third kappa shape index (κ3) is 3.29. The zero-order valence-electron chi connectivity index (χ0n) is 11.7. The fourth-order valence-corrected chi connectivity index (χ4v) is 3.97. The zero-order chi connectivity index (χ0) is 13.0. The number of thioether (sulfide) groups is 1. The molecule has 1 N–H and O–H groups in total. The van der Waals surface area contributed by atoms with Gasteiger partial charge in [0.2, 0.25) is 0 Å². The highest BCUT2D eigenvalue weighted by molar-refractivity contribution is 7.99. The van der Waals surface area contributed by atoms with Gasteiger partial charge in [0, 0.05) is 30.1 Å². The molecule has 2 rings (SSSR count). The summed E-state index contributed by atoms with van der Waals surface area (Å²) < 4.78 is 2.25. The minimum atomic E-state index is 0.494. The van der Waals surface area contributed by atoms with Crippen LogP contribution in [0.1, 0.15) is 51.8 Å². The molecule has 2 unspecified atom stereocenters. The van der Waals surface area contributed by atoms with E-state index < -0.39 is 0 Å². The molecule has 1 fully saturated rings. The lowest BCUT2D eigenvalue weighted by atomic mass is 10.2. The Morgan fingerprint density at radius 1 is 1.50 bits per heavy atom. The van der Waals surface area contributed by atoms with E-state index in [2.05, 4.69) is 47.4 Å². The molecule has 102 valence electrons. The van der Waals surface area contributed by atoms with Crippen LogP contribution < -0.4 is 5.32 Å². The molecule has 0 spiro atoms. The quantitative estimate of drug-likeness (QED) is 0.858. The number of hydrogen-bond acceptors (Lipinski definition) is 3. The molecule has 1 aliphatic rings. The predicted octanol–water partition coefficient (Wildman–Crippen LogP) is 3.23. The predicted molar refractivity (Wildman–Crippen MR) is 79.0 cm³/mol. The van der Waals surface area contributed by atoms with Gasteiger partial charge in [-0.05, 0) is 32.4 Å². The average molecular weight is 267 g/mol. The lowest BCUT2D eigenvalue weighted by molar-refractivity contribution is 0.497. The smallest absolute Gasteiger partial charge is 0.0951 e. The summed E-state index contributed by atoms with van der Waals surface area (Å²) in [5.41, 5.74) is 1.30. The monoisotopic (exact) mass is 267 g/mol. The highest BCUT2D eigenvalue weighted by Gasteiger charge is 2.26.